The van der Waals surface area contributed by atoms with Crippen LogP contribution in [0, 0.1) is 0 Å². The topological polar surface area (TPSA) is 76.1 Å². The standard InChI is InChI=1S/C23H28N2O5S2/c1-2-29-21(27)7-6-14-25-22(28)19(32-23(25)31)15-17-8-10-18(11-9-17)30-16-20(26)24-12-4-3-5-13-24/h8-11,15H,2-7,12-14,16H2,1H3/b19-15+. The third-order valence-corrected chi connectivity index (χ3v) is 6.57. The Morgan fingerprint density at radius 2 is 1.88 bits per heavy atom. The summed E-state index contributed by atoms with van der Waals surface area (Å²) < 4.78 is 11.0. The Labute approximate surface area is 198 Å². The highest BCUT2D eigenvalue weighted by Gasteiger charge is 2.31. The number of benzene rings is 1. The van der Waals surface area contributed by atoms with Crippen LogP contribution in [0.1, 0.15) is 44.6 Å². The Hall–Kier alpha value is -2.39. The molecular formula is C23H28N2O5S2. The number of amides is 2. The molecule has 1 aromatic carbocycles. The number of thioether (sulfide) groups is 1. The fourth-order valence-corrected chi connectivity index (χ4v) is 4.81. The zero-order valence-corrected chi connectivity index (χ0v) is 19.8. The van der Waals surface area contributed by atoms with Crippen molar-refractivity contribution in [2.45, 2.75) is 39.0 Å². The molecule has 3 rings (SSSR count). The molecule has 0 unspecified atom stereocenters. The van der Waals surface area contributed by atoms with E-state index in [-0.39, 0.29) is 30.8 Å². The molecule has 172 valence electrons. The molecule has 2 aliphatic rings. The van der Waals surface area contributed by atoms with Crippen molar-refractivity contribution >= 4 is 52.2 Å². The van der Waals surface area contributed by atoms with Gasteiger partial charge in [-0.05, 0) is 56.4 Å². The molecule has 1 aromatic rings. The third-order valence-electron chi connectivity index (χ3n) is 5.19. The fourth-order valence-electron chi connectivity index (χ4n) is 3.50. The maximum Gasteiger partial charge on any atom is 0.305 e. The van der Waals surface area contributed by atoms with Gasteiger partial charge in [-0.3, -0.25) is 19.3 Å². The minimum absolute atomic E-state index is 0.0143. The van der Waals surface area contributed by atoms with Gasteiger partial charge in [-0.25, -0.2) is 0 Å². The number of hydrogen-bond acceptors (Lipinski definition) is 7. The lowest BCUT2D eigenvalue weighted by Crippen LogP contribution is -2.38. The number of thiocarbonyl (C=S) groups is 1. The van der Waals surface area contributed by atoms with Gasteiger partial charge >= 0.3 is 5.97 Å². The summed E-state index contributed by atoms with van der Waals surface area (Å²) in [5, 5.41) is 0. The first-order chi connectivity index (χ1) is 15.5. The van der Waals surface area contributed by atoms with E-state index >= 15 is 0 Å². The zero-order chi connectivity index (χ0) is 22.9. The number of carbonyl (C=O) groups is 3. The highest BCUT2D eigenvalue weighted by molar-refractivity contribution is 8.26. The van der Waals surface area contributed by atoms with Gasteiger partial charge in [0.25, 0.3) is 11.8 Å². The second-order valence-electron chi connectivity index (χ2n) is 7.54. The summed E-state index contributed by atoms with van der Waals surface area (Å²) in [6, 6.07) is 7.26. The van der Waals surface area contributed by atoms with Crippen molar-refractivity contribution in [1.29, 1.82) is 0 Å². The van der Waals surface area contributed by atoms with Crippen LogP contribution in [-0.2, 0) is 19.1 Å². The van der Waals surface area contributed by atoms with Crippen LogP contribution >= 0.6 is 24.0 Å². The molecule has 2 aliphatic heterocycles. The Balaban J connectivity index is 1.50. The van der Waals surface area contributed by atoms with Crippen LogP contribution in [0.5, 0.6) is 5.75 Å². The molecular weight excluding hydrogens is 448 g/mol. The van der Waals surface area contributed by atoms with E-state index in [4.69, 9.17) is 21.7 Å². The summed E-state index contributed by atoms with van der Waals surface area (Å²) in [6.45, 7) is 4.15. The SMILES string of the molecule is CCOC(=O)CCCN1C(=O)/C(=C\c2ccc(OCC(=O)N3CCCCC3)cc2)SC1=S. The lowest BCUT2D eigenvalue weighted by molar-refractivity contribution is -0.143. The summed E-state index contributed by atoms with van der Waals surface area (Å²) in [7, 11) is 0. The molecule has 0 radical (unpaired) electrons. The minimum atomic E-state index is -0.270. The number of likely N-dealkylation sites (tertiary alicyclic amines) is 1. The van der Waals surface area contributed by atoms with Gasteiger partial charge in [0.2, 0.25) is 0 Å². The van der Waals surface area contributed by atoms with Crippen molar-refractivity contribution in [3.05, 3.63) is 34.7 Å². The predicted molar refractivity (Wildman–Crippen MR) is 128 cm³/mol. The molecule has 9 heteroatoms. The van der Waals surface area contributed by atoms with Crippen molar-refractivity contribution in [3.63, 3.8) is 0 Å². The summed E-state index contributed by atoms with van der Waals surface area (Å²) in [6.07, 6.45) is 5.83. The van der Waals surface area contributed by atoms with Crippen LogP contribution in [0.25, 0.3) is 6.08 Å². The van der Waals surface area contributed by atoms with Crippen molar-refractivity contribution in [2.75, 3.05) is 32.8 Å². The van der Waals surface area contributed by atoms with Crippen molar-refractivity contribution in [2.24, 2.45) is 0 Å². The van der Waals surface area contributed by atoms with Gasteiger partial charge in [-0.2, -0.15) is 0 Å². The summed E-state index contributed by atoms with van der Waals surface area (Å²) in [4.78, 5) is 40.3. The molecule has 2 heterocycles. The lowest BCUT2D eigenvalue weighted by Gasteiger charge is -2.26. The summed E-state index contributed by atoms with van der Waals surface area (Å²) in [5.74, 6) is 0.198. The highest BCUT2D eigenvalue weighted by atomic mass is 32.2. The van der Waals surface area contributed by atoms with Crippen LogP contribution in [-0.4, -0.2) is 64.8 Å². The van der Waals surface area contributed by atoms with E-state index in [1.807, 2.05) is 17.0 Å². The Morgan fingerprint density at radius 3 is 2.56 bits per heavy atom. The lowest BCUT2D eigenvalue weighted by atomic mass is 10.1. The predicted octanol–water partition coefficient (Wildman–Crippen LogP) is 3.62. The van der Waals surface area contributed by atoms with Crippen LogP contribution < -0.4 is 4.74 Å². The summed E-state index contributed by atoms with van der Waals surface area (Å²) in [5.41, 5.74) is 0.840. The quantitative estimate of drug-likeness (QED) is 0.306. The molecule has 0 aliphatic carbocycles. The first-order valence-electron chi connectivity index (χ1n) is 10.9. The van der Waals surface area contributed by atoms with Crippen molar-refractivity contribution in [3.8, 4) is 5.75 Å². The number of esters is 1. The first kappa shape index (κ1) is 24.3. The molecule has 2 saturated heterocycles. The zero-order valence-electron chi connectivity index (χ0n) is 18.2. The minimum Gasteiger partial charge on any atom is -0.484 e. The van der Waals surface area contributed by atoms with Crippen molar-refractivity contribution in [1.82, 2.24) is 9.80 Å². The number of nitrogens with zero attached hydrogens (tertiary/aromatic N) is 2. The summed E-state index contributed by atoms with van der Waals surface area (Å²) >= 11 is 6.58. The van der Waals surface area contributed by atoms with Crippen LogP contribution in [0.3, 0.4) is 0 Å². The number of ether oxygens (including phenoxy) is 2. The molecule has 2 amide bonds. The molecule has 2 fully saturated rings. The van der Waals surface area contributed by atoms with E-state index in [1.54, 1.807) is 25.1 Å². The number of piperidine rings is 1. The van der Waals surface area contributed by atoms with E-state index in [1.165, 1.54) is 23.1 Å². The van der Waals surface area contributed by atoms with Gasteiger partial charge in [0, 0.05) is 26.1 Å². The fraction of sp³-hybridized carbons (Fsp3) is 0.478. The second kappa shape index (κ2) is 12.0. The molecule has 0 saturated carbocycles. The maximum atomic E-state index is 12.7. The highest BCUT2D eigenvalue weighted by Crippen LogP contribution is 2.33. The number of hydrogen-bond donors (Lipinski definition) is 0. The first-order valence-corrected chi connectivity index (χ1v) is 12.1. The second-order valence-corrected chi connectivity index (χ2v) is 9.22. The molecule has 0 bridgehead atoms. The van der Waals surface area contributed by atoms with Gasteiger partial charge in [0.15, 0.2) is 6.61 Å². The molecule has 0 aromatic heterocycles. The van der Waals surface area contributed by atoms with E-state index in [0.717, 1.165) is 31.5 Å². The van der Waals surface area contributed by atoms with Crippen LogP contribution in [0.15, 0.2) is 29.2 Å². The monoisotopic (exact) mass is 476 g/mol. The van der Waals surface area contributed by atoms with Gasteiger partial charge < -0.3 is 14.4 Å². The van der Waals surface area contributed by atoms with Gasteiger partial charge in [-0.1, -0.05) is 36.1 Å². The molecule has 0 spiro atoms. The molecule has 32 heavy (non-hydrogen) atoms. The molecule has 0 N–H and O–H groups in total. The normalized spacial score (nSPS) is 17.7. The number of carbonyl (C=O) groups excluding carboxylic acids is 3. The van der Waals surface area contributed by atoms with Crippen molar-refractivity contribution < 1.29 is 23.9 Å². The number of rotatable bonds is 9. The smallest absolute Gasteiger partial charge is 0.305 e. The Bertz CT molecular complexity index is 879. The maximum absolute atomic E-state index is 12.7. The van der Waals surface area contributed by atoms with Gasteiger partial charge in [0.05, 0.1) is 11.5 Å². The third kappa shape index (κ3) is 6.80. The average molecular weight is 477 g/mol. The Kier molecular flexibility index (Phi) is 9.11. The molecule has 7 nitrogen and oxygen atoms in total. The largest absolute Gasteiger partial charge is 0.484 e. The average Bonchev–Trinajstić information content (AvgIpc) is 3.06. The molecule has 0 atom stereocenters. The van der Waals surface area contributed by atoms with Crippen LogP contribution in [0.2, 0.25) is 0 Å². The van der Waals surface area contributed by atoms with E-state index in [0.29, 0.717) is 34.5 Å². The Morgan fingerprint density at radius 1 is 1.16 bits per heavy atom. The van der Waals surface area contributed by atoms with Crippen LogP contribution in [0.4, 0.5) is 0 Å². The van der Waals surface area contributed by atoms with E-state index < -0.39 is 0 Å². The van der Waals surface area contributed by atoms with E-state index in [9.17, 15) is 14.4 Å². The van der Waals surface area contributed by atoms with E-state index in [2.05, 4.69) is 0 Å². The van der Waals surface area contributed by atoms with Gasteiger partial charge in [0.1, 0.15) is 10.1 Å². The van der Waals surface area contributed by atoms with Gasteiger partial charge in [-0.15, -0.1) is 0 Å².